The molecule has 1 N–H and O–H groups in total. The van der Waals surface area contributed by atoms with Crippen LogP contribution in [0.2, 0.25) is 0 Å². The Morgan fingerprint density at radius 3 is 2.76 bits per heavy atom. The maximum absolute atomic E-state index is 12.9. The van der Waals surface area contributed by atoms with Crippen molar-refractivity contribution in [1.29, 1.82) is 0 Å². The molecule has 0 aromatic carbocycles. The summed E-state index contributed by atoms with van der Waals surface area (Å²) >= 11 is 0. The van der Waals surface area contributed by atoms with E-state index in [-0.39, 0.29) is 18.4 Å². The highest BCUT2D eigenvalue weighted by molar-refractivity contribution is 5.78. The zero-order valence-electron chi connectivity index (χ0n) is 15.6. The van der Waals surface area contributed by atoms with Gasteiger partial charge in [-0.15, -0.1) is 0 Å². The van der Waals surface area contributed by atoms with Crippen molar-refractivity contribution in [2.24, 2.45) is 0 Å². The largest absolute Gasteiger partial charge is 0.389 e. The zero-order chi connectivity index (χ0) is 17.9. The number of pyridine rings is 1. The van der Waals surface area contributed by atoms with Crippen LogP contribution >= 0.6 is 0 Å². The molecule has 0 spiro atoms. The van der Waals surface area contributed by atoms with Crippen molar-refractivity contribution in [2.75, 3.05) is 20.6 Å². The Kier molecular flexibility index (Phi) is 5.74. The van der Waals surface area contributed by atoms with E-state index in [0.717, 1.165) is 63.0 Å². The minimum Gasteiger partial charge on any atom is -0.389 e. The van der Waals surface area contributed by atoms with Gasteiger partial charge in [-0.2, -0.15) is 0 Å². The number of likely N-dealkylation sites (tertiary alicyclic amines) is 1. The molecule has 1 saturated heterocycles. The summed E-state index contributed by atoms with van der Waals surface area (Å²) in [6, 6.07) is 6.17. The first-order valence-corrected chi connectivity index (χ1v) is 9.59. The standard InChI is InChI=1S/C20H31N3O2/c1-22(2)15-16-8-6-9-17(21-16)18-10-7-13-23(18)19(24)14-20(25)11-4-3-5-12-20/h6,8-9,18,25H,3-5,7,10-15H2,1-2H3. The molecule has 1 aliphatic carbocycles. The highest BCUT2D eigenvalue weighted by Crippen LogP contribution is 2.35. The first kappa shape index (κ1) is 18.3. The fourth-order valence-corrected chi connectivity index (χ4v) is 4.24. The van der Waals surface area contributed by atoms with Crippen LogP contribution in [-0.2, 0) is 11.3 Å². The van der Waals surface area contributed by atoms with Crippen molar-refractivity contribution in [3.63, 3.8) is 0 Å². The maximum Gasteiger partial charge on any atom is 0.226 e. The van der Waals surface area contributed by atoms with Crippen molar-refractivity contribution < 1.29 is 9.90 Å². The molecule has 1 amide bonds. The number of aromatic nitrogens is 1. The van der Waals surface area contributed by atoms with Gasteiger partial charge in [-0.25, -0.2) is 0 Å². The second kappa shape index (κ2) is 7.83. The molecule has 1 aromatic heterocycles. The lowest BCUT2D eigenvalue weighted by Gasteiger charge is -2.34. The van der Waals surface area contributed by atoms with E-state index in [9.17, 15) is 9.90 Å². The summed E-state index contributed by atoms with van der Waals surface area (Å²) in [5.74, 6) is 0.0895. The Balaban J connectivity index is 1.70. The summed E-state index contributed by atoms with van der Waals surface area (Å²) in [6.45, 7) is 1.58. The maximum atomic E-state index is 12.9. The number of hydrogen-bond acceptors (Lipinski definition) is 4. The number of amides is 1. The van der Waals surface area contributed by atoms with Gasteiger partial charge in [0.25, 0.3) is 0 Å². The minimum atomic E-state index is -0.789. The Morgan fingerprint density at radius 2 is 2.04 bits per heavy atom. The van der Waals surface area contributed by atoms with Crippen molar-refractivity contribution in [3.05, 3.63) is 29.6 Å². The summed E-state index contributed by atoms with van der Waals surface area (Å²) in [5.41, 5.74) is 1.23. The van der Waals surface area contributed by atoms with Crippen LogP contribution < -0.4 is 0 Å². The molecule has 5 heteroatoms. The lowest BCUT2D eigenvalue weighted by Crippen LogP contribution is -2.40. The third-order valence-electron chi connectivity index (χ3n) is 5.49. The molecule has 25 heavy (non-hydrogen) atoms. The van der Waals surface area contributed by atoms with Crippen LogP contribution in [-0.4, -0.2) is 52.0 Å². The van der Waals surface area contributed by atoms with Crippen LogP contribution in [0.5, 0.6) is 0 Å². The molecule has 1 saturated carbocycles. The summed E-state index contributed by atoms with van der Waals surface area (Å²) in [6.07, 6.45) is 6.98. The van der Waals surface area contributed by atoms with Gasteiger partial charge in [0.1, 0.15) is 0 Å². The van der Waals surface area contributed by atoms with Gasteiger partial charge < -0.3 is 14.9 Å². The second-order valence-corrected chi connectivity index (χ2v) is 8.00. The van der Waals surface area contributed by atoms with Crippen molar-refractivity contribution in [2.45, 2.75) is 69.6 Å². The van der Waals surface area contributed by atoms with E-state index >= 15 is 0 Å². The van der Waals surface area contributed by atoms with Crippen LogP contribution in [0.25, 0.3) is 0 Å². The van der Waals surface area contributed by atoms with Crippen LogP contribution in [0.3, 0.4) is 0 Å². The Morgan fingerprint density at radius 1 is 1.28 bits per heavy atom. The lowest BCUT2D eigenvalue weighted by molar-refractivity contribution is -0.138. The first-order valence-electron chi connectivity index (χ1n) is 9.59. The second-order valence-electron chi connectivity index (χ2n) is 8.00. The van der Waals surface area contributed by atoms with E-state index in [1.807, 2.05) is 37.2 Å². The molecule has 1 unspecified atom stereocenters. The summed E-state index contributed by atoms with van der Waals surface area (Å²) in [4.78, 5) is 21.7. The van der Waals surface area contributed by atoms with Crippen LogP contribution in [0.1, 0.15) is 68.8 Å². The van der Waals surface area contributed by atoms with Gasteiger partial charge in [0, 0.05) is 13.1 Å². The zero-order valence-corrected chi connectivity index (χ0v) is 15.6. The predicted octanol–water partition coefficient (Wildman–Crippen LogP) is 2.89. The number of carbonyl (C=O) groups is 1. The van der Waals surface area contributed by atoms with Crippen LogP contribution in [0, 0.1) is 0 Å². The van der Waals surface area contributed by atoms with E-state index < -0.39 is 5.60 Å². The number of hydrogen-bond donors (Lipinski definition) is 1. The van der Waals surface area contributed by atoms with Crippen LogP contribution in [0.15, 0.2) is 18.2 Å². The molecule has 3 rings (SSSR count). The molecule has 2 aliphatic rings. The van der Waals surface area contributed by atoms with Gasteiger partial charge in [0.2, 0.25) is 5.91 Å². The van der Waals surface area contributed by atoms with Gasteiger partial charge in [0.05, 0.1) is 29.5 Å². The van der Waals surface area contributed by atoms with Gasteiger partial charge in [-0.05, 0) is 51.9 Å². The van der Waals surface area contributed by atoms with E-state index in [2.05, 4.69) is 4.90 Å². The molecule has 138 valence electrons. The number of rotatable bonds is 5. The Labute approximate surface area is 151 Å². The quantitative estimate of drug-likeness (QED) is 0.891. The van der Waals surface area contributed by atoms with Crippen molar-refractivity contribution in [1.82, 2.24) is 14.8 Å². The third-order valence-corrected chi connectivity index (χ3v) is 5.49. The fraction of sp³-hybridized carbons (Fsp3) is 0.700. The van der Waals surface area contributed by atoms with Gasteiger partial charge in [-0.3, -0.25) is 9.78 Å². The predicted molar refractivity (Wildman–Crippen MR) is 98.0 cm³/mol. The minimum absolute atomic E-state index is 0.0572. The van der Waals surface area contributed by atoms with Crippen molar-refractivity contribution >= 4 is 5.91 Å². The summed E-state index contributed by atoms with van der Waals surface area (Å²) < 4.78 is 0. The summed E-state index contributed by atoms with van der Waals surface area (Å²) in [5, 5.41) is 10.7. The molecule has 5 nitrogen and oxygen atoms in total. The van der Waals surface area contributed by atoms with E-state index in [1.54, 1.807) is 0 Å². The van der Waals surface area contributed by atoms with E-state index in [0.29, 0.717) is 0 Å². The average Bonchev–Trinajstić information content (AvgIpc) is 3.04. The monoisotopic (exact) mass is 345 g/mol. The summed E-state index contributed by atoms with van der Waals surface area (Å²) in [7, 11) is 4.06. The number of aliphatic hydroxyl groups is 1. The molecule has 2 heterocycles. The fourth-order valence-electron chi connectivity index (χ4n) is 4.24. The molecule has 1 aromatic rings. The van der Waals surface area contributed by atoms with Gasteiger partial charge >= 0.3 is 0 Å². The average molecular weight is 345 g/mol. The topological polar surface area (TPSA) is 56.7 Å². The molecule has 1 aliphatic heterocycles. The highest BCUT2D eigenvalue weighted by atomic mass is 16.3. The smallest absolute Gasteiger partial charge is 0.226 e. The molecule has 1 atom stereocenters. The van der Waals surface area contributed by atoms with E-state index in [1.165, 1.54) is 6.42 Å². The highest BCUT2D eigenvalue weighted by Gasteiger charge is 2.37. The molecule has 0 radical (unpaired) electrons. The van der Waals surface area contributed by atoms with Crippen LogP contribution in [0.4, 0.5) is 0 Å². The Bertz CT molecular complexity index is 596. The van der Waals surface area contributed by atoms with Gasteiger partial charge in [-0.1, -0.05) is 25.3 Å². The van der Waals surface area contributed by atoms with E-state index in [4.69, 9.17) is 4.98 Å². The Hall–Kier alpha value is -1.46. The lowest BCUT2D eigenvalue weighted by atomic mass is 9.82. The number of carbonyl (C=O) groups excluding carboxylic acids is 1. The third kappa shape index (κ3) is 4.59. The first-order chi connectivity index (χ1) is 12.0. The number of nitrogens with zero attached hydrogens (tertiary/aromatic N) is 3. The normalized spacial score (nSPS) is 23.2. The molecule has 0 bridgehead atoms. The molecule has 2 fully saturated rings. The van der Waals surface area contributed by atoms with Crippen molar-refractivity contribution in [3.8, 4) is 0 Å². The molecular weight excluding hydrogens is 314 g/mol. The molecular formula is C20H31N3O2. The van der Waals surface area contributed by atoms with Gasteiger partial charge in [0.15, 0.2) is 0 Å². The SMILES string of the molecule is CN(C)Cc1cccc(C2CCCN2C(=O)CC2(O)CCCCC2)n1.